The first-order valence-corrected chi connectivity index (χ1v) is 4.93. The Labute approximate surface area is 69.6 Å². The Kier molecular flexibility index (Phi) is 73.0. The van der Waals surface area contributed by atoms with Crippen LogP contribution in [0.4, 0.5) is 0 Å². The second-order valence-corrected chi connectivity index (χ2v) is 0. The van der Waals surface area contributed by atoms with Gasteiger partial charge in [-0.2, -0.15) is 0 Å². The molecule has 0 aliphatic rings. The molecular formula is HMoSe2W. The van der Waals surface area contributed by atoms with E-state index >= 15 is 0 Å². The molecule has 1 radical (unpaired) electrons. The van der Waals surface area contributed by atoms with Gasteiger partial charge in [-0.25, -0.2) is 0 Å². The van der Waals surface area contributed by atoms with Gasteiger partial charge in [0.15, 0.2) is 0 Å². The van der Waals surface area contributed by atoms with E-state index in [-0.39, 0.29) is 42.1 Å². The largest absolute Gasteiger partial charge is 0 e. The van der Waals surface area contributed by atoms with Crippen LogP contribution >= 0.6 is 0 Å². The zero-order chi connectivity index (χ0) is 2.00. The van der Waals surface area contributed by atoms with Crippen LogP contribution in [0.3, 0.4) is 0 Å². The van der Waals surface area contributed by atoms with Crippen molar-refractivity contribution in [3.8, 4) is 0 Å². The van der Waals surface area contributed by atoms with Gasteiger partial charge in [0.2, 0.25) is 0 Å². The molecule has 0 aromatic carbocycles. The molecule has 0 aliphatic heterocycles. The number of rotatable bonds is 0. The monoisotopic (exact) mass is 443 g/mol. The van der Waals surface area contributed by atoms with E-state index in [1.807, 2.05) is 0 Å². The summed E-state index contributed by atoms with van der Waals surface area (Å²) in [6.07, 6.45) is 0. The summed E-state index contributed by atoms with van der Waals surface area (Å²) in [6, 6.07) is 0. The van der Waals surface area contributed by atoms with Gasteiger partial charge in [0.25, 0.3) is 0 Å². The molecule has 0 saturated carbocycles. The van der Waals surface area contributed by atoms with Gasteiger partial charge in [0, 0.05) is 42.1 Å². The maximum absolute atomic E-state index is 2.56. The van der Waals surface area contributed by atoms with E-state index in [9.17, 15) is 0 Å². The Morgan fingerprint density at radius 1 is 1.25 bits per heavy atom. The Morgan fingerprint density at radius 3 is 1.25 bits per heavy atom. The summed E-state index contributed by atoms with van der Waals surface area (Å²) >= 11 is 4.75. The molecule has 0 heterocycles. The fourth-order valence-electron chi connectivity index (χ4n) is 0. The van der Waals surface area contributed by atoms with Crippen LogP contribution in [0.25, 0.3) is 0 Å². The van der Waals surface area contributed by atoms with E-state index in [2.05, 4.69) is 28.4 Å². The van der Waals surface area contributed by atoms with E-state index in [1.54, 1.807) is 0 Å². The van der Waals surface area contributed by atoms with E-state index in [0.29, 0.717) is 0 Å². The van der Waals surface area contributed by atoms with Crippen molar-refractivity contribution >= 4 is 28.4 Å². The van der Waals surface area contributed by atoms with Crippen LogP contribution in [0.5, 0.6) is 0 Å². The Hall–Kier alpha value is 2.42. The molecule has 0 unspecified atom stereocenters. The number of hydrogen-bond donors (Lipinski definition) is 0. The molecule has 0 aromatic rings. The van der Waals surface area contributed by atoms with Crippen molar-refractivity contribution < 1.29 is 42.1 Å². The minimum atomic E-state index is 0. The van der Waals surface area contributed by atoms with Gasteiger partial charge >= 0.3 is 28.4 Å². The van der Waals surface area contributed by atoms with E-state index in [0.717, 1.165) is 0 Å². The van der Waals surface area contributed by atoms with Gasteiger partial charge in [0.1, 0.15) is 0 Å². The molecular weight excluding hydrogens is 438 g/mol. The van der Waals surface area contributed by atoms with Crippen LogP contribution in [0.2, 0.25) is 0 Å². The van der Waals surface area contributed by atoms with Crippen molar-refractivity contribution in [3.63, 3.8) is 0 Å². The normalized spacial score (nSPS) is 1.50. The Balaban J connectivity index is -0.00000000500. The molecule has 0 atom stereocenters. The summed E-state index contributed by atoms with van der Waals surface area (Å²) in [5, 5.41) is 0. The summed E-state index contributed by atoms with van der Waals surface area (Å²) in [4.78, 5) is 0. The molecule has 0 amide bonds. The maximum Gasteiger partial charge on any atom is 0 e. The molecule has 0 spiro atoms. The van der Waals surface area contributed by atoms with Crippen molar-refractivity contribution in [2.24, 2.45) is 0 Å². The summed E-state index contributed by atoms with van der Waals surface area (Å²) < 4.78 is 0. The molecule has 0 rings (SSSR count). The van der Waals surface area contributed by atoms with Gasteiger partial charge in [-0.05, 0) is 0 Å². The molecule has 4 heteroatoms. The summed E-state index contributed by atoms with van der Waals surface area (Å²) in [7, 11) is 0. The van der Waals surface area contributed by atoms with Crippen LogP contribution in [0.1, 0.15) is 0 Å². The third kappa shape index (κ3) is 8.83. The molecule has 0 N–H and O–H groups in total. The first kappa shape index (κ1) is 16.1. The Morgan fingerprint density at radius 2 is 1.25 bits per heavy atom. The standard InChI is InChI=1S/Mo.HSe2.W/c;1-2;/h;1H;. The van der Waals surface area contributed by atoms with Gasteiger partial charge < -0.3 is 0 Å². The summed E-state index contributed by atoms with van der Waals surface area (Å²) in [5.74, 6) is 0. The van der Waals surface area contributed by atoms with E-state index < -0.39 is 0 Å². The van der Waals surface area contributed by atoms with Crippen molar-refractivity contribution in [1.82, 2.24) is 0 Å². The molecule has 0 aromatic heterocycles. The van der Waals surface area contributed by atoms with Crippen LogP contribution in [0, 0.1) is 0 Å². The third-order valence-corrected chi connectivity index (χ3v) is 0. The minimum absolute atomic E-state index is 0. The topological polar surface area (TPSA) is 0 Å². The molecule has 0 fully saturated rings. The molecule has 4 heavy (non-hydrogen) atoms. The summed E-state index contributed by atoms with van der Waals surface area (Å²) in [5.41, 5.74) is 0. The van der Waals surface area contributed by atoms with Gasteiger partial charge in [-0.15, -0.1) is 0 Å². The zero-order valence-electron chi connectivity index (χ0n) is 1.67. The predicted molar refractivity (Wildman–Crippen MR) is 12.9 cm³/mol. The average molecular weight is 439 g/mol. The van der Waals surface area contributed by atoms with Crippen molar-refractivity contribution in [1.29, 1.82) is 0 Å². The van der Waals surface area contributed by atoms with Crippen LogP contribution in [0.15, 0.2) is 0 Å². The molecule has 0 saturated heterocycles. The predicted octanol–water partition coefficient (Wildman–Crippen LogP) is -1.03. The second-order valence-electron chi connectivity index (χ2n) is 0. The van der Waals surface area contributed by atoms with Crippen molar-refractivity contribution in [2.75, 3.05) is 0 Å². The minimum Gasteiger partial charge on any atom is 0 e. The van der Waals surface area contributed by atoms with Gasteiger partial charge in [0.05, 0.1) is 0 Å². The molecule has 25 valence electrons. The fourth-order valence-corrected chi connectivity index (χ4v) is 0. The van der Waals surface area contributed by atoms with Gasteiger partial charge in [-0.1, -0.05) is 0 Å². The van der Waals surface area contributed by atoms with Crippen LogP contribution < -0.4 is 0 Å². The molecule has 0 nitrogen and oxygen atoms in total. The smallest absolute Gasteiger partial charge is 0 e. The Bertz CT molecular complexity index is 6.00. The van der Waals surface area contributed by atoms with Crippen molar-refractivity contribution in [3.05, 3.63) is 0 Å². The van der Waals surface area contributed by atoms with Crippen LogP contribution in [-0.4, -0.2) is 28.4 Å². The average Bonchev–Trinajstić information content (AvgIpc) is 1.00. The molecule has 0 aliphatic carbocycles. The fraction of sp³-hybridized carbons (Fsp3) is 0. The SMILES string of the molecule is [Mo].[Se][SeH].[W]. The zero-order valence-corrected chi connectivity index (χ0v) is 10.2. The van der Waals surface area contributed by atoms with Crippen LogP contribution in [-0.2, 0) is 42.1 Å². The number of hydrogen-bond acceptors (Lipinski definition) is 0. The van der Waals surface area contributed by atoms with Gasteiger partial charge in [-0.3, -0.25) is 0 Å². The van der Waals surface area contributed by atoms with Crippen molar-refractivity contribution in [2.45, 2.75) is 0 Å². The van der Waals surface area contributed by atoms with E-state index in [4.69, 9.17) is 0 Å². The first-order chi connectivity index (χ1) is 1.00. The summed E-state index contributed by atoms with van der Waals surface area (Å²) in [6.45, 7) is 0. The second kappa shape index (κ2) is 18.1. The third-order valence-electron chi connectivity index (χ3n) is 0. The maximum atomic E-state index is 2.56. The molecule has 0 bridgehead atoms. The first-order valence-electron chi connectivity index (χ1n) is 0.183. The van der Waals surface area contributed by atoms with E-state index in [1.165, 1.54) is 0 Å². The quantitative estimate of drug-likeness (QED) is 0.424.